The van der Waals surface area contributed by atoms with Gasteiger partial charge in [-0.05, 0) is 62.3 Å². The van der Waals surface area contributed by atoms with Crippen molar-refractivity contribution >= 4 is 17.3 Å². The lowest BCUT2D eigenvalue weighted by Crippen LogP contribution is -2.51. The topological polar surface area (TPSA) is 72.2 Å². The van der Waals surface area contributed by atoms with Crippen LogP contribution < -0.4 is 5.32 Å². The van der Waals surface area contributed by atoms with Gasteiger partial charge in [0.2, 0.25) is 5.91 Å². The predicted octanol–water partition coefficient (Wildman–Crippen LogP) is 3.75. The van der Waals surface area contributed by atoms with Crippen LogP contribution in [0.4, 0.5) is 11.4 Å². The Morgan fingerprint density at radius 1 is 1.14 bits per heavy atom. The van der Waals surface area contributed by atoms with Crippen LogP contribution >= 0.6 is 0 Å². The summed E-state index contributed by atoms with van der Waals surface area (Å²) in [6.45, 7) is 0. The Morgan fingerprint density at radius 3 is 2.27 bits per heavy atom. The molecule has 22 heavy (non-hydrogen) atoms. The molecule has 0 radical (unpaired) electrons. The maximum Gasteiger partial charge on any atom is 0.271 e. The molecule has 116 valence electrons. The number of hydrogen-bond acceptors (Lipinski definition) is 3. The van der Waals surface area contributed by atoms with Crippen molar-refractivity contribution < 1.29 is 9.72 Å². The van der Waals surface area contributed by atoms with Gasteiger partial charge in [-0.2, -0.15) is 0 Å². The van der Waals surface area contributed by atoms with Crippen LogP contribution in [0.2, 0.25) is 0 Å². The van der Waals surface area contributed by atoms with E-state index in [9.17, 15) is 14.9 Å². The van der Waals surface area contributed by atoms with E-state index < -0.39 is 4.92 Å². The molecular formula is C17H20N2O3. The van der Waals surface area contributed by atoms with Crippen molar-refractivity contribution in [2.45, 2.75) is 38.5 Å². The second kappa shape index (κ2) is 4.80. The lowest BCUT2D eigenvalue weighted by Gasteiger charge is -2.55. The number of hydrogen-bond donors (Lipinski definition) is 1. The van der Waals surface area contributed by atoms with E-state index in [1.54, 1.807) is 12.1 Å². The minimum absolute atomic E-state index is 0.0170. The van der Waals surface area contributed by atoms with Crippen molar-refractivity contribution in [2.24, 2.45) is 23.2 Å². The van der Waals surface area contributed by atoms with Gasteiger partial charge in [0.05, 0.1) is 10.3 Å². The van der Waals surface area contributed by atoms with Crippen molar-refractivity contribution in [3.63, 3.8) is 0 Å². The summed E-state index contributed by atoms with van der Waals surface area (Å²) in [6, 6.07) is 6.23. The zero-order chi connectivity index (χ0) is 15.3. The molecule has 0 aromatic heterocycles. The molecule has 0 spiro atoms. The maximum absolute atomic E-state index is 12.9. The van der Waals surface area contributed by atoms with Crippen LogP contribution in [0.15, 0.2) is 24.3 Å². The molecule has 5 heteroatoms. The lowest BCUT2D eigenvalue weighted by atomic mass is 9.49. The van der Waals surface area contributed by atoms with E-state index in [-0.39, 0.29) is 17.0 Å². The minimum atomic E-state index is -0.430. The lowest BCUT2D eigenvalue weighted by molar-refractivity contribution is -0.384. The molecule has 4 aliphatic carbocycles. The van der Waals surface area contributed by atoms with Crippen molar-refractivity contribution in [1.82, 2.24) is 0 Å². The molecular weight excluding hydrogens is 280 g/mol. The molecule has 5 nitrogen and oxygen atoms in total. The highest BCUT2D eigenvalue weighted by atomic mass is 16.6. The first-order valence-corrected chi connectivity index (χ1v) is 8.10. The fourth-order valence-electron chi connectivity index (χ4n) is 5.35. The van der Waals surface area contributed by atoms with Gasteiger partial charge in [0.15, 0.2) is 0 Å². The third kappa shape index (κ3) is 2.19. The second-order valence-corrected chi connectivity index (χ2v) is 7.46. The zero-order valence-corrected chi connectivity index (χ0v) is 12.5. The maximum atomic E-state index is 12.9. The number of carbonyl (C=O) groups excluding carboxylic acids is 1. The predicted molar refractivity (Wildman–Crippen MR) is 82.3 cm³/mol. The van der Waals surface area contributed by atoms with Crippen LogP contribution in [0.5, 0.6) is 0 Å². The standard InChI is InChI=1S/C17H20N2O3/c20-16(18-14-2-1-3-15(7-14)19(21)22)17-8-11-4-12(9-17)6-13(5-11)10-17/h1-3,7,11-13H,4-6,8-10H2,(H,18,20). The molecule has 0 aliphatic heterocycles. The molecule has 4 fully saturated rings. The van der Waals surface area contributed by atoms with E-state index in [0.717, 1.165) is 19.3 Å². The Kier molecular flexibility index (Phi) is 2.99. The highest BCUT2D eigenvalue weighted by Gasteiger charge is 2.54. The van der Waals surface area contributed by atoms with Crippen molar-refractivity contribution in [1.29, 1.82) is 0 Å². The van der Waals surface area contributed by atoms with E-state index >= 15 is 0 Å². The third-order valence-corrected chi connectivity index (χ3v) is 5.83. The summed E-state index contributed by atoms with van der Waals surface area (Å²) < 4.78 is 0. The highest BCUT2D eigenvalue weighted by Crippen LogP contribution is 2.60. The molecule has 1 N–H and O–H groups in total. The van der Waals surface area contributed by atoms with Gasteiger partial charge in [0.1, 0.15) is 0 Å². The van der Waals surface area contributed by atoms with Crippen molar-refractivity contribution in [3.05, 3.63) is 34.4 Å². The van der Waals surface area contributed by atoms with E-state index in [4.69, 9.17) is 0 Å². The molecule has 1 aromatic carbocycles. The number of anilines is 1. The average Bonchev–Trinajstić information content (AvgIpc) is 2.46. The summed E-state index contributed by atoms with van der Waals surface area (Å²) in [5, 5.41) is 13.8. The summed E-state index contributed by atoms with van der Waals surface area (Å²) in [5.41, 5.74) is 0.331. The Labute approximate surface area is 129 Å². The smallest absolute Gasteiger partial charge is 0.271 e. The number of carbonyl (C=O) groups is 1. The number of nitro benzene ring substituents is 1. The molecule has 0 heterocycles. The van der Waals surface area contributed by atoms with Crippen LogP contribution in [-0.2, 0) is 4.79 Å². The van der Waals surface area contributed by atoms with Crippen LogP contribution in [0.1, 0.15) is 38.5 Å². The molecule has 4 aliphatic rings. The van der Waals surface area contributed by atoms with Crippen LogP contribution in [0, 0.1) is 33.3 Å². The molecule has 0 atom stereocenters. The minimum Gasteiger partial charge on any atom is -0.325 e. The number of benzene rings is 1. The average molecular weight is 300 g/mol. The zero-order valence-electron chi connectivity index (χ0n) is 12.5. The van der Waals surface area contributed by atoms with E-state index in [0.29, 0.717) is 23.4 Å². The summed E-state index contributed by atoms with van der Waals surface area (Å²) in [5.74, 6) is 2.21. The van der Waals surface area contributed by atoms with E-state index in [2.05, 4.69) is 5.32 Å². The van der Waals surface area contributed by atoms with Gasteiger partial charge >= 0.3 is 0 Å². The Bertz CT molecular complexity index is 605. The SMILES string of the molecule is O=C(Nc1cccc([N+](=O)[O-])c1)C12CC3CC(CC(C3)C1)C2. The van der Waals surface area contributed by atoms with Gasteiger partial charge < -0.3 is 5.32 Å². The summed E-state index contributed by atoms with van der Waals surface area (Å²) in [7, 11) is 0. The van der Waals surface area contributed by atoms with E-state index in [1.165, 1.54) is 31.4 Å². The van der Waals surface area contributed by atoms with Crippen LogP contribution in [0.25, 0.3) is 0 Å². The van der Waals surface area contributed by atoms with Gasteiger partial charge in [0.25, 0.3) is 5.69 Å². The largest absolute Gasteiger partial charge is 0.325 e. The Morgan fingerprint density at radius 2 is 1.73 bits per heavy atom. The van der Waals surface area contributed by atoms with E-state index in [1.807, 2.05) is 0 Å². The second-order valence-electron chi connectivity index (χ2n) is 7.46. The van der Waals surface area contributed by atoms with Gasteiger partial charge in [0, 0.05) is 17.8 Å². The molecule has 1 amide bonds. The van der Waals surface area contributed by atoms with Crippen LogP contribution in [0.3, 0.4) is 0 Å². The van der Waals surface area contributed by atoms with Gasteiger partial charge in [-0.3, -0.25) is 14.9 Å². The molecule has 0 unspecified atom stereocenters. The number of rotatable bonds is 3. The van der Waals surface area contributed by atoms with Gasteiger partial charge in [-0.15, -0.1) is 0 Å². The van der Waals surface area contributed by atoms with Crippen molar-refractivity contribution in [3.8, 4) is 0 Å². The normalized spacial score (nSPS) is 35.4. The number of non-ortho nitro benzene ring substituents is 1. The van der Waals surface area contributed by atoms with Crippen LogP contribution in [-0.4, -0.2) is 10.8 Å². The number of nitro groups is 1. The molecule has 4 bridgehead atoms. The van der Waals surface area contributed by atoms with Gasteiger partial charge in [-0.1, -0.05) is 6.07 Å². The Balaban J connectivity index is 1.55. The summed E-state index contributed by atoms with van der Waals surface area (Å²) in [4.78, 5) is 23.3. The first kappa shape index (κ1) is 13.7. The molecule has 4 saturated carbocycles. The molecule has 1 aromatic rings. The monoisotopic (exact) mass is 300 g/mol. The summed E-state index contributed by atoms with van der Waals surface area (Å²) >= 11 is 0. The number of amides is 1. The van der Waals surface area contributed by atoms with Crippen molar-refractivity contribution in [2.75, 3.05) is 5.32 Å². The first-order valence-electron chi connectivity index (χ1n) is 8.10. The fourth-order valence-corrected chi connectivity index (χ4v) is 5.35. The fraction of sp³-hybridized carbons (Fsp3) is 0.588. The Hall–Kier alpha value is -1.91. The first-order chi connectivity index (χ1) is 10.5. The quantitative estimate of drug-likeness (QED) is 0.682. The highest BCUT2D eigenvalue weighted by molar-refractivity contribution is 5.95. The summed E-state index contributed by atoms with van der Waals surface area (Å²) in [6.07, 6.45) is 6.88. The molecule has 5 rings (SSSR count). The number of nitrogens with one attached hydrogen (secondary N) is 1. The number of nitrogens with zero attached hydrogens (tertiary/aromatic N) is 1. The molecule has 0 saturated heterocycles. The third-order valence-electron chi connectivity index (χ3n) is 5.83. The van der Waals surface area contributed by atoms with Gasteiger partial charge in [-0.25, -0.2) is 0 Å².